The predicted molar refractivity (Wildman–Crippen MR) is 104 cm³/mol. The van der Waals surface area contributed by atoms with Crippen molar-refractivity contribution in [3.05, 3.63) is 11.7 Å². The van der Waals surface area contributed by atoms with Gasteiger partial charge in [0, 0.05) is 6.42 Å². The molecule has 150 valence electrons. The summed E-state index contributed by atoms with van der Waals surface area (Å²) < 4.78 is 22.9. The first-order valence-corrected chi connectivity index (χ1v) is 10.5. The molecule has 0 aliphatic heterocycles. The van der Waals surface area contributed by atoms with Crippen LogP contribution in [0.5, 0.6) is 0 Å². The molecule has 4 nitrogen and oxygen atoms in total. The second-order valence-electron chi connectivity index (χ2n) is 6.45. The summed E-state index contributed by atoms with van der Waals surface area (Å²) in [5, 5.41) is 0. The summed E-state index contributed by atoms with van der Waals surface area (Å²) >= 11 is 0. The average molecular weight is 359 g/mol. The number of unbranched alkanes of at least 4 members (excludes halogenated alkanes) is 6. The third-order valence-electron chi connectivity index (χ3n) is 3.79. The molecule has 0 spiro atoms. The van der Waals surface area contributed by atoms with Crippen LogP contribution in [0.15, 0.2) is 11.7 Å². The smallest absolute Gasteiger partial charge is 0.321 e. The third-order valence-corrected chi connectivity index (χ3v) is 3.79. The van der Waals surface area contributed by atoms with E-state index in [1.54, 1.807) is 0 Å². The van der Waals surface area contributed by atoms with Gasteiger partial charge in [0.2, 0.25) is 0 Å². The van der Waals surface area contributed by atoms with Gasteiger partial charge in [-0.1, -0.05) is 66.2 Å². The Kier molecular flexibility index (Phi) is 18.7. The van der Waals surface area contributed by atoms with Gasteiger partial charge in [0.05, 0.1) is 19.8 Å². The summed E-state index contributed by atoms with van der Waals surface area (Å²) in [5.74, 6) is 1.33. The second-order valence-corrected chi connectivity index (χ2v) is 6.45. The van der Waals surface area contributed by atoms with Gasteiger partial charge >= 0.3 is 5.95 Å². The highest BCUT2D eigenvalue weighted by Crippen LogP contribution is 2.17. The molecule has 0 unspecified atom stereocenters. The largest absolute Gasteiger partial charge is 0.491 e. The van der Waals surface area contributed by atoms with E-state index in [0.29, 0.717) is 19.2 Å². The Morgan fingerprint density at radius 1 is 0.560 bits per heavy atom. The molecule has 4 heteroatoms. The van der Waals surface area contributed by atoms with Crippen LogP contribution in [0.3, 0.4) is 0 Å². The molecule has 0 aliphatic carbocycles. The lowest BCUT2D eigenvalue weighted by Crippen LogP contribution is -2.10. The van der Waals surface area contributed by atoms with Crippen LogP contribution in [0, 0.1) is 0 Å². The van der Waals surface area contributed by atoms with Crippen molar-refractivity contribution in [2.75, 3.05) is 26.6 Å². The molecule has 0 bridgehead atoms. The standard InChI is InChI=1S/C21H42O4/c1-5-9-10-11-12-13-14-18-22-19-25-21(24-17-8-4)20(15-6-2)23-16-7-3/h5-19H2,1-4H3. The fraction of sp³-hybridized carbons (Fsp3) is 0.905. The predicted octanol–water partition coefficient (Wildman–Crippen LogP) is 6.55. The van der Waals surface area contributed by atoms with Crippen molar-refractivity contribution in [3.63, 3.8) is 0 Å². The van der Waals surface area contributed by atoms with Gasteiger partial charge in [-0.25, -0.2) is 0 Å². The molecule has 0 amide bonds. The normalized spacial score (nSPS) is 12.0. The van der Waals surface area contributed by atoms with E-state index in [1.165, 1.54) is 38.5 Å². The molecule has 0 atom stereocenters. The second kappa shape index (κ2) is 19.4. The van der Waals surface area contributed by atoms with Crippen molar-refractivity contribution in [1.82, 2.24) is 0 Å². The van der Waals surface area contributed by atoms with Gasteiger partial charge in [0.15, 0.2) is 12.6 Å². The summed E-state index contributed by atoms with van der Waals surface area (Å²) in [4.78, 5) is 0. The first kappa shape index (κ1) is 24.1. The van der Waals surface area contributed by atoms with Crippen molar-refractivity contribution in [3.8, 4) is 0 Å². The lowest BCUT2D eigenvalue weighted by Gasteiger charge is -2.17. The van der Waals surface area contributed by atoms with E-state index >= 15 is 0 Å². The maximum Gasteiger partial charge on any atom is 0.321 e. The SMILES string of the molecule is CCCCCCCCCOCOC(OCCC)=C(CCC)OCCC. The minimum atomic E-state index is 0.234. The maximum atomic E-state index is 5.81. The van der Waals surface area contributed by atoms with Crippen LogP contribution in [0.1, 0.15) is 98.3 Å². The van der Waals surface area contributed by atoms with Crippen molar-refractivity contribution in [2.24, 2.45) is 0 Å². The first-order valence-electron chi connectivity index (χ1n) is 10.5. The molecule has 0 fully saturated rings. The Balaban J connectivity index is 4.04. The van der Waals surface area contributed by atoms with E-state index in [4.69, 9.17) is 18.9 Å². The van der Waals surface area contributed by atoms with Crippen LogP contribution in [-0.2, 0) is 18.9 Å². The molecular formula is C21H42O4. The van der Waals surface area contributed by atoms with Crippen LogP contribution in [0.25, 0.3) is 0 Å². The fourth-order valence-electron chi connectivity index (χ4n) is 2.40. The number of ether oxygens (including phenoxy) is 4. The van der Waals surface area contributed by atoms with Crippen LogP contribution < -0.4 is 0 Å². The summed E-state index contributed by atoms with van der Waals surface area (Å²) in [7, 11) is 0. The minimum absolute atomic E-state index is 0.234. The quantitative estimate of drug-likeness (QED) is 0.149. The highest BCUT2D eigenvalue weighted by Gasteiger charge is 2.11. The van der Waals surface area contributed by atoms with Gasteiger partial charge in [-0.05, 0) is 25.7 Å². The molecular weight excluding hydrogens is 316 g/mol. The zero-order valence-corrected chi connectivity index (χ0v) is 17.2. The van der Waals surface area contributed by atoms with Gasteiger partial charge in [0.1, 0.15) is 0 Å². The van der Waals surface area contributed by atoms with Crippen molar-refractivity contribution in [1.29, 1.82) is 0 Å². The zero-order valence-electron chi connectivity index (χ0n) is 17.2. The average Bonchev–Trinajstić information content (AvgIpc) is 2.63. The number of hydrogen-bond donors (Lipinski definition) is 0. The summed E-state index contributed by atoms with van der Waals surface area (Å²) in [6.45, 7) is 10.9. The number of rotatable bonds is 19. The Morgan fingerprint density at radius 3 is 1.84 bits per heavy atom. The highest BCUT2D eigenvalue weighted by atomic mass is 16.7. The van der Waals surface area contributed by atoms with Crippen molar-refractivity contribution in [2.45, 2.75) is 98.3 Å². The number of hydrogen-bond acceptors (Lipinski definition) is 4. The lowest BCUT2D eigenvalue weighted by atomic mass is 10.1. The van der Waals surface area contributed by atoms with E-state index in [2.05, 4.69) is 27.7 Å². The molecule has 0 rings (SSSR count). The Morgan fingerprint density at radius 2 is 1.20 bits per heavy atom. The first-order chi connectivity index (χ1) is 12.3. The fourth-order valence-corrected chi connectivity index (χ4v) is 2.40. The topological polar surface area (TPSA) is 36.9 Å². The van der Waals surface area contributed by atoms with Crippen molar-refractivity contribution >= 4 is 0 Å². The molecule has 0 N–H and O–H groups in total. The molecule has 0 aromatic carbocycles. The van der Waals surface area contributed by atoms with E-state index in [0.717, 1.165) is 44.5 Å². The monoisotopic (exact) mass is 358 g/mol. The van der Waals surface area contributed by atoms with Crippen LogP contribution in [0.4, 0.5) is 0 Å². The van der Waals surface area contributed by atoms with Gasteiger partial charge in [-0.2, -0.15) is 0 Å². The molecule has 0 aromatic heterocycles. The van der Waals surface area contributed by atoms with Crippen LogP contribution >= 0.6 is 0 Å². The highest BCUT2D eigenvalue weighted by molar-refractivity contribution is 4.95. The van der Waals surface area contributed by atoms with Gasteiger partial charge in [-0.3, -0.25) is 0 Å². The lowest BCUT2D eigenvalue weighted by molar-refractivity contribution is -0.0840. The molecule has 0 heterocycles. The molecule has 0 aliphatic rings. The molecule has 0 radical (unpaired) electrons. The van der Waals surface area contributed by atoms with E-state index in [9.17, 15) is 0 Å². The summed E-state index contributed by atoms with van der Waals surface area (Å²) in [5.41, 5.74) is 0. The van der Waals surface area contributed by atoms with Crippen molar-refractivity contribution < 1.29 is 18.9 Å². The van der Waals surface area contributed by atoms with Gasteiger partial charge in [-0.15, -0.1) is 0 Å². The number of allylic oxidation sites excluding steroid dienone is 1. The third kappa shape index (κ3) is 15.1. The molecule has 0 aromatic rings. The van der Waals surface area contributed by atoms with E-state index in [1.807, 2.05) is 0 Å². The molecule has 25 heavy (non-hydrogen) atoms. The van der Waals surface area contributed by atoms with Gasteiger partial charge < -0.3 is 18.9 Å². The molecule has 0 saturated carbocycles. The minimum Gasteiger partial charge on any atom is -0.491 e. The zero-order chi connectivity index (χ0) is 18.6. The Hall–Kier alpha value is -0.900. The summed E-state index contributed by atoms with van der Waals surface area (Å²) in [6, 6.07) is 0. The van der Waals surface area contributed by atoms with Crippen LogP contribution in [-0.4, -0.2) is 26.6 Å². The van der Waals surface area contributed by atoms with Gasteiger partial charge in [0.25, 0.3) is 0 Å². The molecule has 0 saturated heterocycles. The maximum absolute atomic E-state index is 5.81. The Labute approximate surface area is 156 Å². The summed E-state index contributed by atoms with van der Waals surface area (Å²) in [6.07, 6.45) is 12.8. The Bertz CT molecular complexity index is 302. The van der Waals surface area contributed by atoms with Crippen LogP contribution in [0.2, 0.25) is 0 Å². The van der Waals surface area contributed by atoms with E-state index in [-0.39, 0.29) is 6.79 Å². The van der Waals surface area contributed by atoms with E-state index < -0.39 is 0 Å².